The molecule has 1 aliphatic heterocycles. The number of aliphatic hydroxyl groups excluding tert-OH is 4. The molecule has 150 valence electrons. The van der Waals surface area contributed by atoms with Crippen molar-refractivity contribution in [2.45, 2.75) is 56.3 Å². The molecule has 6 N–H and O–H groups in total. The molecular formula is C15H26N2O9. The van der Waals surface area contributed by atoms with Crippen molar-refractivity contribution in [2.24, 2.45) is 0 Å². The summed E-state index contributed by atoms with van der Waals surface area (Å²) in [6.45, 7) is 0.553. The Kier molecular flexibility index (Phi) is 8.88. The Labute approximate surface area is 150 Å². The number of carbonyl (C=O) groups is 3. The Bertz CT molecular complexity index is 500. The monoisotopic (exact) mass is 378 g/mol. The minimum atomic E-state index is -1.59. The molecule has 0 aromatic heterocycles. The van der Waals surface area contributed by atoms with Gasteiger partial charge in [0.25, 0.3) is 0 Å². The Morgan fingerprint density at radius 3 is 2.27 bits per heavy atom. The maximum Gasteiger partial charge on any atom is 0.325 e. The van der Waals surface area contributed by atoms with E-state index in [1.165, 1.54) is 0 Å². The van der Waals surface area contributed by atoms with E-state index in [1.807, 2.05) is 0 Å². The molecule has 1 unspecified atom stereocenters. The summed E-state index contributed by atoms with van der Waals surface area (Å²) in [7, 11) is 1.15. The molecule has 1 rings (SSSR count). The van der Waals surface area contributed by atoms with Crippen molar-refractivity contribution in [3.05, 3.63) is 0 Å². The fraction of sp³-hybridized carbons (Fsp3) is 0.800. The molecule has 1 fully saturated rings. The molecule has 11 nitrogen and oxygen atoms in total. The molecule has 1 aliphatic rings. The first kappa shape index (κ1) is 22.3. The summed E-state index contributed by atoms with van der Waals surface area (Å²) in [4.78, 5) is 35.1. The lowest BCUT2D eigenvalue weighted by Gasteiger charge is -2.41. The predicted octanol–water partition coefficient (Wildman–Crippen LogP) is -3.60. The zero-order valence-corrected chi connectivity index (χ0v) is 14.6. The third-order valence-corrected chi connectivity index (χ3v) is 4.07. The van der Waals surface area contributed by atoms with E-state index < -0.39 is 67.5 Å². The fourth-order valence-corrected chi connectivity index (χ4v) is 2.49. The van der Waals surface area contributed by atoms with Gasteiger partial charge < -0.3 is 40.5 Å². The lowest BCUT2D eigenvalue weighted by atomic mass is 9.91. The van der Waals surface area contributed by atoms with E-state index in [0.29, 0.717) is 0 Å². The molecule has 2 amide bonds. The van der Waals surface area contributed by atoms with Crippen LogP contribution < -0.4 is 10.6 Å². The Balaban J connectivity index is 2.84. The SMILES string of the molecule is CCC(=O)NC(C[C@@H]1O[C@H](CO)[C@H](O)[C@H](O)[C@H]1O)C(=O)NCC(=O)OC. The van der Waals surface area contributed by atoms with Crippen molar-refractivity contribution in [1.29, 1.82) is 0 Å². The van der Waals surface area contributed by atoms with Crippen LogP contribution in [0.15, 0.2) is 0 Å². The number of hydrogen-bond acceptors (Lipinski definition) is 9. The van der Waals surface area contributed by atoms with E-state index in [-0.39, 0.29) is 12.8 Å². The van der Waals surface area contributed by atoms with Crippen LogP contribution in [0.4, 0.5) is 0 Å². The van der Waals surface area contributed by atoms with Gasteiger partial charge in [0.05, 0.1) is 19.8 Å². The van der Waals surface area contributed by atoms with Gasteiger partial charge in [0.15, 0.2) is 0 Å². The predicted molar refractivity (Wildman–Crippen MR) is 85.6 cm³/mol. The van der Waals surface area contributed by atoms with Crippen molar-refractivity contribution in [2.75, 3.05) is 20.3 Å². The van der Waals surface area contributed by atoms with Crippen LogP contribution in [-0.2, 0) is 23.9 Å². The second-order valence-corrected chi connectivity index (χ2v) is 5.87. The quantitative estimate of drug-likeness (QED) is 0.233. The van der Waals surface area contributed by atoms with Gasteiger partial charge in [-0.05, 0) is 0 Å². The standard InChI is InChI=1S/C15H26N2O9/c1-3-10(19)17-7(15(24)16-5-11(20)25-2)4-8-12(21)14(23)13(22)9(6-18)26-8/h7-9,12-14,18,21-23H,3-6H2,1-2H3,(H,16,24)(H,17,19)/t7?,8-,9+,12-,13-,14+/m0/s1. The summed E-state index contributed by atoms with van der Waals surface area (Å²) < 4.78 is 9.75. The van der Waals surface area contributed by atoms with Crippen molar-refractivity contribution in [3.8, 4) is 0 Å². The van der Waals surface area contributed by atoms with Gasteiger partial charge >= 0.3 is 5.97 Å². The van der Waals surface area contributed by atoms with Crippen LogP contribution in [0.2, 0.25) is 0 Å². The minimum absolute atomic E-state index is 0.0927. The van der Waals surface area contributed by atoms with Crippen LogP contribution in [-0.4, -0.2) is 95.0 Å². The molecule has 0 aliphatic carbocycles. The van der Waals surface area contributed by atoms with Crippen molar-refractivity contribution in [3.63, 3.8) is 0 Å². The first-order valence-corrected chi connectivity index (χ1v) is 8.19. The van der Waals surface area contributed by atoms with E-state index in [2.05, 4.69) is 15.4 Å². The van der Waals surface area contributed by atoms with Gasteiger partial charge in [0.2, 0.25) is 11.8 Å². The second kappa shape index (κ2) is 10.4. The Morgan fingerprint density at radius 2 is 1.73 bits per heavy atom. The number of ether oxygens (including phenoxy) is 2. The van der Waals surface area contributed by atoms with Gasteiger partial charge in [-0.25, -0.2) is 0 Å². The summed E-state index contributed by atoms with van der Waals surface area (Å²) in [6.07, 6.45) is -7.08. The summed E-state index contributed by atoms with van der Waals surface area (Å²) in [5, 5.41) is 43.6. The van der Waals surface area contributed by atoms with Gasteiger partial charge in [0.1, 0.15) is 37.0 Å². The minimum Gasteiger partial charge on any atom is -0.468 e. The molecule has 0 bridgehead atoms. The maximum absolute atomic E-state index is 12.3. The van der Waals surface area contributed by atoms with E-state index in [1.54, 1.807) is 6.92 Å². The molecule has 0 aromatic carbocycles. The smallest absolute Gasteiger partial charge is 0.325 e. The highest BCUT2D eigenvalue weighted by molar-refractivity contribution is 5.89. The molecule has 0 radical (unpaired) electrons. The van der Waals surface area contributed by atoms with Crippen molar-refractivity contribution < 1.29 is 44.3 Å². The van der Waals surface area contributed by atoms with Crippen LogP contribution >= 0.6 is 0 Å². The number of aliphatic hydroxyl groups is 4. The maximum atomic E-state index is 12.3. The topological polar surface area (TPSA) is 175 Å². The number of carbonyl (C=O) groups excluding carboxylic acids is 3. The van der Waals surface area contributed by atoms with Gasteiger partial charge in [-0.1, -0.05) is 6.92 Å². The van der Waals surface area contributed by atoms with E-state index in [4.69, 9.17) is 4.74 Å². The molecule has 0 saturated carbocycles. The molecule has 0 aromatic rings. The molecular weight excluding hydrogens is 352 g/mol. The number of amides is 2. The first-order valence-electron chi connectivity index (χ1n) is 8.19. The number of esters is 1. The zero-order chi connectivity index (χ0) is 19.9. The number of hydrogen-bond donors (Lipinski definition) is 6. The van der Waals surface area contributed by atoms with Crippen LogP contribution in [0.3, 0.4) is 0 Å². The third kappa shape index (κ3) is 5.88. The molecule has 11 heteroatoms. The van der Waals surface area contributed by atoms with Crippen LogP contribution in [0.5, 0.6) is 0 Å². The lowest BCUT2D eigenvalue weighted by molar-refractivity contribution is -0.231. The first-order chi connectivity index (χ1) is 12.2. The largest absolute Gasteiger partial charge is 0.468 e. The van der Waals surface area contributed by atoms with Crippen molar-refractivity contribution >= 4 is 17.8 Å². The molecule has 1 heterocycles. The third-order valence-electron chi connectivity index (χ3n) is 4.07. The molecule has 26 heavy (non-hydrogen) atoms. The van der Waals surface area contributed by atoms with E-state index >= 15 is 0 Å². The van der Waals surface area contributed by atoms with Crippen LogP contribution in [0.1, 0.15) is 19.8 Å². The highest BCUT2D eigenvalue weighted by atomic mass is 16.5. The van der Waals surface area contributed by atoms with Gasteiger partial charge in [-0.3, -0.25) is 14.4 Å². The lowest BCUT2D eigenvalue weighted by Crippen LogP contribution is -2.60. The second-order valence-electron chi connectivity index (χ2n) is 5.87. The number of methoxy groups -OCH3 is 1. The molecule has 0 spiro atoms. The average molecular weight is 378 g/mol. The van der Waals surface area contributed by atoms with E-state index in [0.717, 1.165) is 7.11 Å². The van der Waals surface area contributed by atoms with Crippen molar-refractivity contribution in [1.82, 2.24) is 10.6 Å². The molecule has 6 atom stereocenters. The highest BCUT2D eigenvalue weighted by Crippen LogP contribution is 2.24. The van der Waals surface area contributed by atoms with Gasteiger partial charge in [-0.15, -0.1) is 0 Å². The average Bonchev–Trinajstić information content (AvgIpc) is 2.64. The van der Waals surface area contributed by atoms with E-state index in [9.17, 15) is 34.8 Å². The summed E-state index contributed by atoms with van der Waals surface area (Å²) in [5.41, 5.74) is 0. The van der Waals surface area contributed by atoms with Gasteiger partial charge in [-0.2, -0.15) is 0 Å². The Hall–Kier alpha value is -1.79. The van der Waals surface area contributed by atoms with Crippen LogP contribution in [0.25, 0.3) is 0 Å². The summed E-state index contributed by atoms with van der Waals surface area (Å²) in [5.74, 6) is -1.85. The molecule has 1 saturated heterocycles. The van der Waals surface area contributed by atoms with Crippen LogP contribution in [0, 0.1) is 0 Å². The number of rotatable bonds is 8. The fourth-order valence-electron chi connectivity index (χ4n) is 2.49. The Morgan fingerprint density at radius 1 is 1.12 bits per heavy atom. The zero-order valence-electron chi connectivity index (χ0n) is 14.6. The summed E-state index contributed by atoms with van der Waals surface area (Å²) in [6, 6.07) is -1.17. The number of nitrogens with one attached hydrogen (secondary N) is 2. The van der Waals surface area contributed by atoms with Gasteiger partial charge in [0, 0.05) is 12.8 Å². The summed E-state index contributed by atoms with van der Waals surface area (Å²) >= 11 is 0. The normalized spacial score (nSPS) is 29.5. The highest BCUT2D eigenvalue weighted by Gasteiger charge is 2.44.